The van der Waals surface area contributed by atoms with Crippen LogP contribution in [0.25, 0.3) is 0 Å². The van der Waals surface area contributed by atoms with Gasteiger partial charge >= 0.3 is 0 Å². The van der Waals surface area contributed by atoms with Gasteiger partial charge < -0.3 is 10.3 Å². The second-order valence-electron chi connectivity index (χ2n) is 4.84. The molecule has 0 amide bonds. The highest BCUT2D eigenvalue weighted by Crippen LogP contribution is 2.33. The Morgan fingerprint density at radius 3 is 2.60 bits per heavy atom. The minimum atomic E-state index is 0.354. The molecular formula is C11H20N4. The molecular weight excluding hydrogens is 188 g/mol. The molecule has 0 spiro atoms. The molecule has 0 saturated heterocycles. The lowest BCUT2D eigenvalue weighted by Gasteiger charge is -2.16. The van der Waals surface area contributed by atoms with Crippen LogP contribution in [0.3, 0.4) is 0 Å². The van der Waals surface area contributed by atoms with E-state index in [0.717, 1.165) is 30.9 Å². The fraction of sp³-hybridized carbons (Fsp3) is 0.818. The summed E-state index contributed by atoms with van der Waals surface area (Å²) < 4.78 is 2.24. The van der Waals surface area contributed by atoms with Crippen molar-refractivity contribution in [1.82, 2.24) is 14.8 Å². The molecule has 0 unspecified atom stereocenters. The van der Waals surface area contributed by atoms with Crippen LogP contribution in [0.2, 0.25) is 0 Å². The first-order valence-corrected chi connectivity index (χ1v) is 5.76. The van der Waals surface area contributed by atoms with Crippen LogP contribution in [0.4, 0.5) is 0 Å². The maximum absolute atomic E-state index is 5.94. The standard InChI is InChI=1S/C11H20N4/c1-7(2)15-8(3)13-14-11(15)9-4-5-10(12)6-9/h7,9-10H,4-6,12H2,1-3H3/t9-,10+/m1/s1. The van der Waals surface area contributed by atoms with E-state index in [-0.39, 0.29) is 0 Å². The van der Waals surface area contributed by atoms with Gasteiger partial charge in [-0.05, 0) is 40.0 Å². The van der Waals surface area contributed by atoms with Crippen LogP contribution in [0.15, 0.2) is 0 Å². The van der Waals surface area contributed by atoms with Crippen LogP contribution >= 0.6 is 0 Å². The van der Waals surface area contributed by atoms with Gasteiger partial charge in [-0.1, -0.05) is 0 Å². The van der Waals surface area contributed by atoms with E-state index in [1.165, 1.54) is 0 Å². The number of nitrogens with zero attached hydrogens (tertiary/aromatic N) is 3. The summed E-state index contributed by atoms with van der Waals surface area (Å²) in [7, 11) is 0. The number of aromatic nitrogens is 3. The van der Waals surface area contributed by atoms with E-state index in [4.69, 9.17) is 5.73 Å². The molecule has 4 nitrogen and oxygen atoms in total. The highest BCUT2D eigenvalue weighted by atomic mass is 15.3. The Hall–Kier alpha value is -0.900. The average molecular weight is 208 g/mol. The lowest BCUT2D eigenvalue weighted by Crippen LogP contribution is -2.16. The van der Waals surface area contributed by atoms with Gasteiger partial charge in [0.25, 0.3) is 0 Å². The predicted molar refractivity (Wildman–Crippen MR) is 59.7 cm³/mol. The Bertz CT molecular complexity index is 342. The van der Waals surface area contributed by atoms with Gasteiger partial charge in [0.05, 0.1) is 0 Å². The zero-order chi connectivity index (χ0) is 11.0. The van der Waals surface area contributed by atoms with Crippen molar-refractivity contribution in [2.24, 2.45) is 5.73 Å². The average Bonchev–Trinajstić information content (AvgIpc) is 2.71. The number of hydrogen-bond acceptors (Lipinski definition) is 3. The largest absolute Gasteiger partial charge is 0.328 e. The normalized spacial score (nSPS) is 26.5. The summed E-state index contributed by atoms with van der Waals surface area (Å²) in [5.74, 6) is 2.67. The van der Waals surface area contributed by atoms with Crippen LogP contribution in [0, 0.1) is 6.92 Å². The van der Waals surface area contributed by atoms with Gasteiger partial charge in [0.2, 0.25) is 0 Å². The summed E-state index contributed by atoms with van der Waals surface area (Å²) in [6.45, 7) is 6.37. The van der Waals surface area contributed by atoms with Crippen molar-refractivity contribution in [3.63, 3.8) is 0 Å². The van der Waals surface area contributed by atoms with Crippen molar-refractivity contribution in [3.05, 3.63) is 11.6 Å². The zero-order valence-electron chi connectivity index (χ0n) is 9.77. The van der Waals surface area contributed by atoms with Gasteiger partial charge in [0.1, 0.15) is 11.6 Å². The molecule has 2 atom stereocenters. The molecule has 4 heteroatoms. The molecule has 2 rings (SSSR count). The topological polar surface area (TPSA) is 56.7 Å². The number of hydrogen-bond donors (Lipinski definition) is 1. The summed E-state index contributed by atoms with van der Waals surface area (Å²) >= 11 is 0. The van der Waals surface area contributed by atoms with Gasteiger partial charge in [-0.2, -0.15) is 0 Å². The Morgan fingerprint density at radius 1 is 1.33 bits per heavy atom. The molecule has 0 bridgehead atoms. The van der Waals surface area contributed by atoms with E-state index in [2.05, 4.69) is 28.6 Å². The van der Waals surface area contributed by atoms with Crippen LogP contribution in [-0.2, 0) is 0 Å². The van der Waals surface area contributed by atoms with Gasteiger partial charge in [-0.25, -0.2) is 0 Å². The molecule has 0 aliphatic heterocycles. The van der Waals surface area contributed by atoms with E-state index >= 15 is 0 Å². The molecule has 1 aromatic rings. The van der Waals surface area contributed by atoms with Gasteiger partial charge in [0.15, 0.2) is 0 Å². The zero-order valence-corrected chi connectivity index (χ0v) is 9.77. The second kappa shape index (κ2) is 3.93. The number of nitrogens with two attached hydrogens (primary N) is 1. The lowest BCUT2D eigenvalue weighted by molar-refractivity contribution is 0.516. The van der Waals surface area contributed by atoms with E-state index in [0.29, 0.717) is 18.0 Å². The van der Waals surface area contributed by atoms with E-state index in [9.17, 15) is 0 Å². The molecule has 15 heavy (non-hydrogen) atoms. The summed E-state index contributed by atoms with van der Waals surface area (Å²) in [5, 5.41) is 8.49. The molecule has 1 aliphatic rings. The minimum Gasteiger partial charge on any atom is -0.328 e. The second-order valence-corrected chi connectivity index (χ2v) is 4.84. The molecule has 2 N–H and O–H groups in total. The number of rotatable bonds is 2. The Morgan fingerprint density at radius 2 is 2.07 bits per heavy atom. The maximum Gasteiger partial charge on any atom is 0.136 e. The van der Waals surface area contributed by atoms with Crippen molar-refractivity contribution in [2.75, 3.05) is 0 Å². The summed E-state index contributed by atoms with van der Waals surface area (Å²) in [6.07, 6.45) is 3.34. The Kier molecular flexibility index (Phi) is 2.78. The van der Waals surface area contributed by atoms with Crippen molar-refractivity contribution < 1.29 is 0 Å². The third-order valence-corrected chi connectivity index (χ3v) is 3.25. The highest BCUT2D eigenvalue weighted by Gasteiger charge is 2.28. The van der Waals surface area contributed by atoms with Crippen LogP contribution < -0.4 is 5.73 Å². The van der Waals surface area contributed by atoms with Crippen molar-refractivity contribution in [2.45, 2.75) is 58.0 Å². The third kappa shape index (κ3) is 1.91. The lowest BCUT2D eigenvalue weighted by atomic mass is 10.1. The highest BCUT2D eigenvalue weighted by molar-refractivity contribution is 5.06. The molecule has 0 aromatic carbocycles. The fourth-order valence-corrected chi connectivity index (χ4v) is 2.55. The SMILES string of the molecule is Cc1nnc([C@@H]2CC[C@H](N)C2)n1C(C)C. The molecule has 0 radical (unpaired) electrons. The fourth-order valence-electron chi connectivity index (χ4n) is 2.55. The quantitative estimate of drug-likeness (QED) is 0.805. The van der Waals surface area contributed by atoms with Crippen molar-refractivity contribution >= 4 is 0 Å². The van der Waals surface area contributed by atoms with E-state index in [1.807, 2.05) is 6.92 Å². The van der Waals surface area contributed by atoms with E-state index in [1.54, 1.807) is 0 Å². The molecule has 1 fully saturated rings. The molecule has 1 heterocycles. The smallest absolute Gasteiger partial charge is 0.136 e. The summed E-state index contributed by atoms with van der Waals surface area (Å²) in [5.41, 5.74) is 5.94. The molecule has 1 aliphatic carbocycles. The summed E-state index contributed by atoms with van der Waals surface area (Å²) in [6, 6.07) is 0.791. The Balaban J connectivity index is 2.28. The minimum absolute atomic E-state index is 0.354. The van der Waals surface area contributed by atoms with Crippen LogP contribution in [0.1, 0.15) is 56.7 Å². The first-order chi connectivity index (χ1) is 7.09. The van der Waals surface area contributed by atoms with Gasteiger partial charge in [-0.15, -0.1) is 10.2 Å². The first-order valence-electron chi connectivity index (χ1n) is 5.76. The molecule has 1 aromatic heterocycles. The molecule has 1 saturated carbocycles. The third-order valence-electron chi connectivity index (χ3n) is 3.25. The first kappa shape index (κ1) is 10.6. The van der Waals surface area contributed by atoms with Gasteiger partial charge in [-0.3, -0.25) is 0 Å². The van der Waals surface area contributed by atoms with Crippen LogP contribution in [0.5, 0.6) is 0 Å². The van der Waals surface area contributed by atoms with Crippen molar-refractivity contribution in [1.29, 1.82) is 0 Å². The maximum atomic E-state index is 5.94. The number of aryl methyl sites for hydroxylation is 1. The van der Waals surface area contributed by atoms with Gasteiger partial charge in [0, 0.05) is 18.0 Å². The Labute approximate surface area is 90.9 Å². The monoisotopic (exact) mass is 208 g/mol. The predicted octanol–water partition coefficient (Wildman–Crippen LogP) is 1.76. The molecule has 84 valence electrons. The van der Waals surface area contributed by atoms with Crippen molar-refractivity contribution in [3.8, 4) is 0 Å². The summed E-state index contributed by atoms with van der Waals surface area (Å²) in [4.78, 5) is 0. The van der Waals surface area contributed by atoms with E-state index < -0.39 is 0 Å². The van der Waals surface area contributed by atoms with Crippen LogP contribution in [-0.4, -0.2) is 20.8 Å².